The Morgan fingerprint density at radius 3 is 2.68 bits per heavy atom. The summed E-state index contributed by atoms with van der Waals surface area (Å²) in [6, 6.07) is 10.0. The standard InChI is InChI=1S/C14H13ClN4/c1-9-7-10(17-14(15)16-9)8-13-18-11-5-3-4-6-12(11)19(13)2/h3-7H,8H2,1-2H3. The molecule has 19 heavy (non-hydrogen) atoms. The van der Waals surface area contributed by atoms with Crippen molar-refractivity contribution in [2.75, 3.05) is 0 Å². The third kappa shape index (κ3) is 2.31. The molecule has 3 aromatic rings. The molecule has 4 nitrogen and oxygen atoms in total. The van der Waals surface area contributed by atoms with Gasteiger partial charge >= 0.3 is 0 Å². The predicted octanol–water partition coefficient (Wildman–Crippen LogP) is 2.92. The molecule has 1 aromatic carbocycles. The molecule has 0 aliphatic rings. The van der Waals surface area contributed by atoms with Crippen molar-refractivity contribution >= 4 is 22.6 Å². The van der Waals surface area contributed by atoms with E-state index in [0.29, 0.717) is 6.42 Å². The summed E-state index contributed by atoms with van der Waals surface area (Å²) in [5.74, 6) is 0.968. The average molecular weight is 273 g/mol. The fourth-order valence-electron chi connectivity index (χ4n) is 2.20. The van der Waals surface area contributed by atoms with Crippen LogP contribution in [0, 0.1) is 6.92 Å². The molecule has 0 fully saturated rings. The van der Waals surface area contributed by atoms with E-state index < -0.39 is 0 Å². The Kier molecular flexibility index (Phi) is 2.95. The molecule has 0 aliphatic heterocycles. The predicted molar refractivity (Wildman–Crippen MR) is 75.3 cm³/mol. The minimum atomic E-state index is 0.286. The Hall–Kier alpha value is -1.94. The zero-order chi connectivity index (χ0) is 13.4. The van der Waals surface area contributed by atoms with E-state index in [9.17, 15) is 0 Å². The van der Waals surface area contributed by atoms with Gasteiger partial charge < -0.3 is 4.57 Å². The molecule has 2 heterocycles. The summed E-state index contributed by atoms with van der Waals surface area (Å²) in [4.78, 5) is 12.9. The molecular formula is C14H13ClN4. The van der Waals surface area contributed by atoms with Gasteiger partial charge in [0.05, 0.1) is 16.7 Å². The number of fused-ring (bicyclic) bond motifs is 1. The number of para-hydroxylation sites is 2. The molecule has 0 unspecified atom stereocenters. The van der Waals surface area contributed by atoms with Crippen molar-refractivity contribution in [3.63, 3.8) is 0 Å². The van der Waals surface area contributed by atoms with E-state index in [2.05, 4.69) is 25.6 Å². The highest BCUT2D eigenvalue weighted by molar-refractivity contribution is 6.28. The lowest BCUT2D eigenvalue weighted by Gasteiger charge is -2.03. The minimum absolute atomic E-state index is 0.286. The molecule has 0 aliphatic carbocycles. The molecule has 0 radical (unpaired) electrons. The van der Waals surface area contributed by atoms with Crippen molar-refractivity contribution in [1.29, 1.82) is 0 Å². The minimum Gasteiger partial charge on any atom is -0.331 e. The SMILES string of the molecule is Cc1cc(Cc2nc3ccccc3n2C)nc(Cl)n1. The summed E-state index contributed by atoms with van der Waals surface area (Å²) in [5, 5.41) is 0.286. The smallest absolute Gasteiger partial charge is 0.222 e. The van der Waals surface area contributed by atoms with Crippen LogP contribution in [0.2, 0.25) is 5.28 Å². The molecule has 3 rings (SSSR count). The summed E-state index contributed by atoms with van der Waals surface area (Å²) in [5.41, 5.74) is 3.87. The van der Waals surface area contributed by atoms with Gasteiger partial charge in [-0.3, -0.25) is 0 Å². The summed E-state index contributed by atoms with van der Waals surface area (Å²) in [7, 11) is 2.01. The monoisotopic (exact) mass is 272 g/mol. The first kappa shape index (κ1) is 12.1. The van der Waals surface area contributed by atoms with Gasteiger partial charge in [-0.25, -0.2) is 15.0 Å². The van der Waals surface area contributed by atoms with Gasteiger partial charge in [0.2, 0.25) is 5.28 Å². The summed E-state index contributed by atoms with van der Waals surface area (Å²) in [6.45, 7) is 1.91. The zero-order valence-electron chi connectivity index (χ0n) is 10.8. The molecule has 96 valence electrons. The Bertz CT molecular complexity index is 728. The van der Waals surface area contributed by atoms with Crippen molar-refractivity contribution in [3.8, 4) is 0 Å². The Balaban J connectivity index is 2.03. The van der Waals surface area contributed by atoms with Crippen LogP contribution in [0.15, 0.2) is 30.3 Å². The molecule has 0 amide bonds. The number of aromatic nitrogens is 4. The average Bonchev–Trinajstić information content (AvgIpc) is 2.66. The number of nitrogens with zero attached hydrogens (tertiary/aromatic N) is 4. The fraction of sp³-hybridized carbons (Fsp3) is 0.214. The maximum Gasteiger partial charge on any atom is 0.222 e. The Morgan fingerprint density at radius 2 is 1.95 bits per heavy atom. The molecule has 0 spiro atoms. The lowest BCUT2D eigenvalue weighted by atomic mass is 10.2. The van der Waals surface area contributed by atoms with Gasteiger partial charge in [-0.15, -0.1) is 0 Å². The lowest BCUT2D eigenvalue weighted by molar-refractivity contribution is 0.827. The van der Waals surface area contributed by atoms with Crippen LogP contribution in [0.5, 0.6) is 0 Å². The third-order valence-corrected chi connectivity index (χ3v) is 3.27. The van der Waals surface area contributed by atoms with Gasteiger partial charge in [0, 0.05) is 19.2 Å². The van der Waals surface area contributed by atoms with E-state index >= 15 is 0 Å². The van der Waals surface area contributed by atoms with Gasteiger partial charge in [0.25, 0.3) is 0 Å². The molecule has 2 aromatic heterocycles. The van der Waals surface area contributed by atoms with E-state index in [1.165, 1.54) is 0 Å². The van der Waals surface area contributed by atoms with Gasteiger partial charge in [-0.2, -0.15) is 0 Å². The normalized spacial score (nSPS) is 11.1. The van der Waals surface area contributed by atoms with Crippen LogP contribution in [0.1, 0.15) is 17.2 Å². The number of benzene rings is 1. The second kappa shape index (κ2) is 4.63. The van der Waals surface area contributed by atoms with Crippen LogP contribution in [-0.2, 0) is 13.5 Å². The van der Waals surface area contributed by atoms with Crippen molar-refractivity contribution in [1.82, 2.24) is 19.5 Å². The first-order valence-electron chi connectivity index (χ1n) is 6.04. The number of imidazole rings is 1. The maximum absolute atomic E-state index is 5.89. The third-order valence-electron chi connectivity index (χ3n) is 3.10. The molecular weight excluding hydrogens is 260 g/mol. The highest BCUT2D eigenvalue weighted by Gasteiger charge is 2.09. The fourth-order valence-corrected chi connectivity index (χ4v) is 2.44. The highest BCUT2D eigenvalue weighted by Crippen LogP contribution is 2.17. The van der Waals surface area contributed by atoms with E-state index in [1.54, 1.807) is 0 Å². The van der Waals surface area contributed by atoms with Crippen LogP contribution in [0.3, 0.4) is 0 Å². The second-order valence-electron chi connectivity index (χ2n) is 4.52. The van der Waals surface area contributed by atoms with E-state index in [0.717, 1.165) is 28.2 Å². The van der Waals surface area contributed by atoms with Crippen molar-refractivity contribution in [2.45, 2.75) is 13.3 Å². The topological polar surface area (TPSA) is 43.6 Å². The molecule has 0 saturated carbocycles. The van der Waals surface area contributed by atoms with Crippen LogP contribution in [0.4, 0.5) is 0 Å². The maximum atomic E-state index is 5.89. The molecule has 0 saturated heterocycles. The summed E-state index contributed by atoms with van der Waals surface area (Å²) >= 11 is 5.89. The molecule has 0 N–H and O–H groups in total. The zero-order valence-corrected chi connectivity index (χ0v) is 11.5. The van der Waals surface area contributed by atoms with Crippen molar-refractivity contribution in [2.24, 2.45) is 7.05 Å². The number of hydrogen-bond donors (Lipinski definition) is 0. The number of hydrogen-bond acceptors (Lipinski definition) is 3. The van der Waals surface area contributed by atoms with Crippen LogP contribution in [0.25, 0.3) is 11.0 Å². The van der Waals surface area contributed by atoms with Gasteiger partial charge in [-0.1, -0.05) is 12.1 Å². The largest absolute Gasteiger partial charge is 0.331 e. The van der Waals surface area contributed by atoms with E-state index in [4.69, 9.17) is 11.6 Å². The quantitative estimate of drug-likeness (QED) is 0.674. The molecule has 0 atom stereocenters. The van der Waals surface area contributed by atoms with Gasteiger partial charge in [-0.05, 0) is 36.7 Å². The first-order valence-corrected chi connectivity index (χ1v) is 6.41. The number of halogens is 1. The summed E-state index contributed by atoms with van der Waals surface area (Å²) < 4.78 is 2.08. The highest BCUT2D eigenvalue weighted by atomic mass is 35.5. The first-order chi connectivity index (χ1) is 9.13. The van der Waals surface area contributed by atoms with Crippen molar-refractivity contribution in [3.05, 3.63) is 52.8 Å². The van der Waals surface area contributed by atoms with Crippen LogP contribution < -0.4 is 0 Å². The van der Waals surface area contributed by atoms with E-state index in [-0.39, 0.29) is 5.28 Å². The summed E-state index contributed by atoms with van der Waals surface area (Å²) in [6.07, 6.45) is 0.647. The van der Waals surface area contributed by atoms with Crippen LogP contribution in [-0.4, -0.2) is 19.5 Å². The number of aryl methyl sites for hydroxylation is 2. The Labute approximate surface area is 116 Å². The van der Waals surface area contributed by atoms with Gasteiger partial charge in [0.1, 0.15) is 5.82 Å². The van der Waals surface area contributed by atoms with Gasteiger partial charge in [0.15, 0.2) is 0 Å². The van der Waals surface area contributed by atoms with Crippen molar-refractivity contribution < 1.29 is 0 Å². The number of rotatable bonds is 2. The van der Waals surface area contributed by atoms with E-state index in [1.807, 2.05) is 38.2 Å². The molecule has 5 heteroatoms. The lowest BCUT2D eigenvalue weighted by Crippen LogP contribution is -2.02. The second-order valence-corrected chi connectivity index (χ2v) is 4.86. The molecule has 0 bridgehead atoms. The van der Waals surface area contributed by atoms with Crippen LogP contribution >= 0.6 is 11.6 Å². The Morgan fingerprint density at radius 1 is 1.16 bits per heavy atom.